The third kappa shape index (κ3) is 2.76. The number of nitrogens with zero attached hydrogens (tertiary/aromatic N) is 2. The Morgan fingerprint density at radius 2 is 2.14 bits per heavy atom. The van der Waals surface area contributed by atoms with Crippen molar-refractivity contribution in [1.82, 2.24) is 4.90 Å². The SMILES string of the molecule is C/C=C/N(C(N)=NC(C)C)C1CCC1. The first-order valence-electron chi connectivity index (χ1n) is 5.39. The van der Waals surface area contributed by atoms with Gasteiger partial charge in [-0.1, -0.05) is 6.08 Å². The molecule has 1 aliphatic carbocycles. The van der Waals surface area contributed by atoms with Crippen LogP contribution in [0.15, 0.2) is 17.3 Å². The Bertz CT molecular complexity index is 227. The van der Waals surface area contributed by atoms with Gasteiger partial charge in [0.1, 0.15) is 0 Å². The molecule has 0 radical (unpaired) electrons. The summed E-state index contributed by atoms with van der Waals surface area (Å²) in [5.74, 6) is 0.655. The van der Waals surface area contributed by atoms with Crippen molar-refractivity contribution < 1.29 is 0 Å². The van der Waals surface area contributed by atoms with Crippen LogP contribution in [0.2, 0.25) is 0 Å². The lowest BCUT2D eigenvalue weighted by Crippen LogP contribution is -2.44. The highest BCUT2D eigenvalue weighted by Gasteiger charge is 2.24. The summed E-state index contributed by atoms with van der Waals surface area (Å²) in [4.78, 5) is 6.47. The highest BCUT2D eigenvalue weighted by molar-refractivity contribution is 5.79. The van der Waals surface area contributed by atoms with Crippen LogP contribution in [0.3, 0.4) is 0 Å². The van der Waals surface area contributed by atoms with E-state index < -0.39 is 0 Å². The first kappa shape index (κ1) is 11.1. The maximum Gasteiger partial charge on any atom is 0.195 e. The maximum absolute atomic E-state index is 5.94. The van der Waals surface area contributed by atoms with Crippen LogP contribution < -0.4 is 5.73 Å². The van der Waals surface area contributed by atoms with E-state index in [4.69, 9.17) is 5.73 Å². The zero-order chi connectivity index (χ0) is 10.6. The van der Waals surface area contributed by atoms with Crippen LogP contribution >= 0.6 is 0 Å². The van der Waals surface area contributed by atoms with E-state index in [0.717, 1.165) is 0 Å². The summed E-state index contributed by atoms with van der Waals surface area (Å²) in [7, 11) is 0. The van der Waals surface area contributed by atoms with Gasteiger partial charge in [0.25, 0.3) is 0 Å². The van der Waals surface area contributed by atoms with E-state index in [1.807, 2.05) is 33.0 Å². The summed E-state index contributed by atoms with van der Waals surface area (Å²) in [6.45, 7) is 6.09. The average Bonchev–Trinajstić information content (AvgIpc) is 1.98. The molecule has 1 fully saturated rings. The van der Waals surface area contributed by atoms with Gasteiger partial charge in [-0.2, -0.15) is 0 Å². The normalized spacial score (nSPS) is 19.0. The third-order valence-corrected chi connectivity index (χ3v) is 2.43. The van der Waals surface area contributed by atoms with E-state index in [0.29, 0.717) is 12.0 Å². The van der Waals surface area contributed by atoms with Crippen molar-refractivity contribution in [3.05, 3.63) is 12.3 Å². The van der Waals surface area contributed by atoms with Crippen molar-refractivity contribution in [1.29, 1.82) is 0 Å². The quantitative estimate of drug-likeness (QED) is 0.553. The molecule has 1 aliphatic rings. The second kappa shape index (κ2) is 5.03. The Kier molecular flexibility index (Phi) is 3.98. The van der Waals surface area contributed by atoms with E-state index in [-0.39, 0.29) is 6.04 Å². The number of hydrogen-bond acceptors (Lipinski definition) is 1. The first-order chi connectivity index (χ1) is 6.65. The lowest BCUT2D eigenvalue weighted by Gasteiger charge is -2.36. The van der Waals surface area contributed by atoms with Crippen LogP contribution in [-0.2, 0) is 0 Å². The highest BCUT2D eigenvalue weighted by atomic mass is 15.3. The van der Waals surface area contributed by atoms with E-state index >= 15 is 0 Å². The van der Waals surface area contributed by atoms with Crippen LogP contribution in [0.4, 0.5) is 0 Å². The molecule has 0 spiro atoms. The fourth-order valence-corrected chi connectivity index (χ4v) is 1.54. The molecule has 0 atom stereocenters. The van der Waals surface area contributed by atoms with E-state index in [1.54, 1.807) is 0 Å². The van der Waals surface area contributed by atoms with Crippen LogP contribution in [-0.4, -0.2) is 22.9 Å². The molecule has 0 amide bonds. The summed E-state index contributed by atoms with van der Waals surface area (Å²) in [5, 5.41) is 0. The van der Waals surface area contributed by atoms with Crippen molar-refractivity contribution in [2.45, 2.75) is 52.1 Å². The topological polar surface area (TPSA) is 41.6 Å². The fraction of sp³-hybridized carbons (Fsp3) is 0.727. The first-order valence-corrected chi connectivity index (χ1v) is 5.39. The Balaban J connectivity index is 2.65. The number of nitrogens with two attached hydrogens (primary N) is 1. The Labute approximate surface area is 86.7 Å². The van der Waals surface area contributed by atoms with Gasteiger partial charge < -0.3 is 10.6 Å². The van der Waals surface area contributed by atoms with Crippen molar-refractivity contribution in [2.75, 3.05) is 0 Å². The summed E-state index contributed by atoms with van der Waals surface area (Å²) in [6.07, 6.45) is 7.83. The van der Waals surface area contributed by atoms with Crippen molar-refractivity contribution >= 4 is 5.96 Å². The molecule has 0 aromatic carbocycles. The molecule has 3 heteroatoms. The van der Waals surface area contributed by atoms with Gasteiger partial charge >= 0.3 is 0 Å². The zero-order valence-corrected chi connectivity index (χ0v) is 9.40. The summed E-state index contributed by atoms with van der Waals surface area (Å²) in [5.41, 5.74) is 5.94. The predicted molar refractivity (Wildman–Crippen MR) is 61.1 cm³/mol. The standard InChI is InChI=1S/C11H21N3/c1-4-8-14(10-6-5-7-10)11(12)13-9(2)3/h4,8-10H,5-7H2,1-3H3,(H2,12,13)/b8-4+. The van der Waals surface area contributed by atoms with Crippen LogP contribution in [0.5, 0.6) is 0 Å². The molecular weight excluding hydrogens is 174 g/mol. The van der Waals surface area contributed by atoms with Crippen LogP contribution in [0.25, 0.3) is 0 Å². The molecule has 1 saturated carbocycles. The highest BCUT2D eigenvalue weighted by Crippen LogP contribution is 2.24. The molecule has 0 aromatic heterocycles. The lowest BCUT2D eigenvalue weighted by molar-refractivity contribution is 0.259. The molecule has 14 heavy (non-hydrogen) atoms. The minimum atomic E-state index is 0.267. The maximum atomic E-state index is 5.94. The molecule has 2 N–H and O–H groups in total. The second-order valence-corrected chi connectivity index (χ2v) is 4.06. The molecule has 0 saturated heterocycles. The Morgan fingerprint density at radius 3 is 2.50 bits per heavy atom. The molecule has 0 aromatic rings. The Hall–Kier alpha value is -0.990. The zero-order valence-electron chi connectivity index (χ0n) is 9.40. The van der Waals surface area contributed by atoms with Gasteiger partial charge in [-0.05, 0) is 40.0 Å². The monoisotopic (exact) mass is 195 g/mol. The minimum absolute atomic E-state index is 0.267. The number of allylic oxidation sites excluding steroid dienone is 1. The molecule has 0 unspecified atom stereocenters. The molecule has 80 valence electrons. The van der Waals surface area contributed by atoms with E-state index in [9.17, 15) is 0 Å². The van der Waals surface area contributed by atoms with Crippen LogP contribution in [0.1, 0.15) is 40.0 Å². The van der Waals surface area contributed by atoms with Crippen molar-refractivity contribution in [3.63, 3.8) is 0 Å². The molecule has 0 heterocycles. The van der Waals surface area contributed by atoms with Crippen molar-refractivity contribution in [3.8, 4) is 0 Å². The summed E-state index contributed by atoms with van der Waals surface area (Å²) < 4.78 is 0. The van der Waals surface area contributed by atoms with Gasteiger partial charge in [0, 0.05) is 18.3 Å². The largest absolute Gasteiger partial charge is 0.370 e. The van der Waals surface area contributed by atoms with Gasteiger partial charge in [0.15, 0.2) is 5.96 Å². The molecule has 1 rings (SSSR count). The second-order valence-electron chi connectivity index (χ2n) is 4.06. The number of rotatable bonds is 3. The minimum Gasteiger partial charge on any atom is -0.370 e. The smallest absolute Gasteiger partial charge is 0.195 e. The predicted octanol–water partition coefficient (Wildman–Crippen LogP) is 2.10. The van der Waals surface area contributed by atoms with Gasteiger partial charge in [0.2, 0.25) is 0 Å². The van der Waals surface area contributed by atoms with Gasteiger partial charge in [-0.15, -0.1) is 0 Å². The van der Waals surface area contributed by atoms with Crippen LogP contribution in [0, 0.1) is 0 Å². The molecule has 0 bridgehead atoms. The summed E-state index contributed by atoms with van der Waals surface area (Å²) in [6, 6.07) is 0.844. The van der Waals surface area contributed by atoms with Gasteiger partial charge in [0.05, 0.1) is 0 Å². The van der Waals surface area contributed by atoms with E-state index in [2.05, 4.69) is 9.89 Å². The third-order valence-electron chi connectivity index (χ3n) is 2.43. The number of aliphatic imine (C=N–C) groups is 1. The molecular formula is C11H21N3. The van der Waals surface area contributed by atoms with Gasteiger partial charge in [-0.25, -0.2) is 0 Å². The molecule has 0 aliphatic heterocycles. The lowest BCUT2D eigenvalue weighted by atomic mass is 9.92. The Morgan fingerprint density at radius 1 is 1.50 bits per heavy atom. The number of guanidine groups is 1. The van der Waals surface area contributed by atoms with Gasteiger partial charge in [-0.3, -0.25) is 4.99 Å². The fourth-order valence-electron chi connectivity index (χ4n) is 1.54. The summed E-state index contributed by atoms with van der Waals surface area (Å²) >= 11 is 0. The van der Waals surface area contributed by atoms with E-state index in [1.165, 1.54) is 19.3 Å². The number of hydrogen-bond donors (Lipinski definition) is 1. The average molecular weight is 195 g/mol. The van der Waals surface area contributed by atoms with Crippen molar-refractivity contribution in [2.24, 2.45) is 10.7 Å². The molecule has 3 nitrogen and oxygen atoms in total.